The molecule has 13 heavy (non-hydrogen) atoms. The number of carbonyl (C=O) groups excluding carboxylic acids is 1. The van der Waals surface area contributed by atoms with Crippen molar-refractivity contribution in [3.8, 4) is 0 Å². The average Bonchev–Trinajstić information content (AvgIpc) is 2.18. The van der Waals surface area contributed by atoms with Gasteiger partial charge in [-0.05, 0) is 18.6 Å². The largest absolute Gasteiger partial charge is 0.366 e. The predicted molar refractivity (Wildman–Crippen MR) is 52.9 cm³/mol. The molecule has 1 aromatic rings. The van der Waals surface area contributed by atoms with Gasteiger partial charge in [0.05, 0.1) is 17.9 Å². The summed E-state index contributed by atoms with van der Waals surface area (Å²) in [7, 11) is 1.89. The number of anilines is 1. The number of hydrogen-bond acceptors (Lipinski definition) is 3. The van der Waals surface area contributed by atoms with Crippen molar-refractivity contribution in [2.75, 3.05) is 18.5 Å². The van der Waals surface area contributed by atoms with E-state index in [9.17, 15) is 4.79 Å². The van der Waals surface area contributed by atoms with E-state index in [4.69, 9.17) is 0 Å². The maximum atomic E-state index is 10.3. The van der Waals surface area contributed by atoms with Gasteiger partial charge in [0, 0.05) is 13.2 Å². The van der Waals surface area contributed by atoms with Crippen molar-refractivity contribution >= 4 is 12.0 Å². The number of rotatable bonds is 4. The Labute approximate surface area is 78.4 Å². The van der Waals surface area contributed by atoms with Crippen LogP contribution in [0.5, 0.6) is 0 Å². The summed E-state index contributed by atoms with van der Waals surface area (Å²) in [5, 5.41) is 0. The Hall–Kier alpha value is -1.38. The van der Waals surface area contributed by atoms with E-state index < -0.39 is 0 Å². The van der Waals surface area contributed by atoms with Gasteiger partial charge in [-0.15, -0.1) is 0 Å². The molecule has 0 unspecified atom stereocenters. The van der Waals surface area contributed by atoms with Gasteiger partial charge in [0.1, 0.15) is 6.29 Å². The third-order valence-corrected chi connectivity index (χ3v) is 1.96. The summed E-state index contributed by atoms with van der Waals surface area (Å²) < 4.78 is 0. The number of likely N-dealkylation sites (N-methyl/N-ethyl adjacent to an activating group) is 1. The highest BCUT2D eigenvalue weighted by Gasteiger charge is 2.04. The second kappa shape index (κ2) is 4.60. The highest BCUT2D eigenvalue weighted by atomic mass is 16.1. The molecule has 0 saturated heterocycles. The zero-order valence-electron chi connectivity index (χ0n) is 8.03. The zero-order valence-corrected chi connectivity index (χ0v) is 8.03. The van der Waals surface area contributed by atoms with Crippen molar-refractivity contribution < 1.29 is 4.79 Å². The molecule has 0 fully saturated rings. The van der Waals surface area contributed by atoms with Gasteiger partial charge in [-0.2, -0.15) is 0 Å². The van der Waals surface area contributed by atoms with Gasteiger partial charge in [0.25, 0.3) is 0 Å². The van der Waals surface area contributed by atoms with Gasteiger partial charge < -0.3 is 9.69 Å². The summed E-state index contributed by atoms with van der Waals surface area (Å²) in [5.74, 6) is 0. The first-order valence-electron chi connectivity index (χ1n) is 4.38. The number of carbonyl (C=O) groups is 1. The van der Waals surface area contributed by atoms with E-state index in [2.05, 4.69) is 11.9 Å². The molecule has 0 bridgehead atoms. The quantitative estimate of drug-likeness (QED) is 0.651. The molecule has 0 aliphatic heterocycles. The second-order valence-corrected chi connectivity index (χ2v) is 2.87. The first-order valence-corrected chi connectivity index (χ1v) is 4.38. The lowest BCUT2D eigenvalue weighted by atomic mass is 10.2. The minimum Gasteiger partial charge on any atom is -0.366 e. The minimum absolute atomic E-state index is 0.415. The van der Waals surface area contributed by atoms with E-state index in [1.54, 1.807) is 6.20 Å². The SMILES string of the molecule is CCc1ncccc1N(C)CC=O. The van der Waals surface area contributed by atoms with Gasteiger partial charge in [-0.3, -0.25) is 4.98 Å². The Bertz CT molecular complexity index is 286. The summed E-state index contributed by atoms with van der Waals surface area (Å²) in [4.78, 5) is 16.5. The number of aryl methyl sites for hydroxylation is 1. The molecule has 1 heterocycles. The minimum atomic E-state index is 0.415. The van der Waals surface area contributed by atoms with E-state index in [0.717, 1.165) is 24.1 Å². The van der Waals surface area contributed by atoms with E-state index in [0.29, 0.717) is 6.54 Å². The Kier molecular flexibility index (Phi) is 3.43. The van der Waals surface area contributed by atoms with Gasteiger partial charge >= 0.3 is 0 Å². The number of hydrogen-bond donors (Lipinski definition) is 0. The first-order chi connectivity index (χ1) is 6.29. The van der Waals surface area contributed by atoms with Crippen LogP contribution in [0.4, 0.5) is 5.69 Å². The van der Waals surface area contributed by atoms with Crippen LogP contribution in [0.25, 0.3) is 0 Å². The highest BCUT2D eigenvalue weighted by molar-refractivity contribution is 5.62. The molecule has 0 radical (unpaired) electrons. The average molecular weight is 178 g/mol. The molecule has 0 atom stereocenters. The van der Waals surface area contributed by atoms with Crippen LogP contribution < -0.4 is 4.90 Å². The zero-order chi connectivity index (χ0) is 9.68. The van der Waals surface area contributed by atoms with Crippen LogP contribution in [0.3, 0.4) is 0 Å². The molecule has 0 aliphatic carbocycles. The summed E-state index contributed by atoms with van der Waals surface area (Å²) in [6, 6.07) is 3.87. The molecule has 0 aromatic carbocycles. The van der Waals surface area contributed by atoms with Crippen LogP contribution in [-0.2, 0) is 11.2 Å². The molecule has 1 aromatic heterocycles. The molecular weight excluding hydrogens is 164 g/mol. The predicted octanol–water partition coefficient (Wildman–Crippen LogP) is 1.28. The third-order valence-electron chi connectivity index (χ3n) is 1.96. The van der Waals surface area contributed by atoms with Crippen LogP contribution in [0.1, 0.15) is 12.6 Å². The molecule has 1 rings (SSSR count). The maximum absolute atomic E-state index is 10.3. The van der Waals surface area contributed by atoms with Crippen molar-refractivity contribution in [2.45, 2.75) is 13.3 Å². The fourth-order valence-corrected chi connectivity index (χ4v) is 1.26. The lowest BCUT2D eigenvalue weighted by Gasteiger charge is -2.18. The number of aldehydes is 1. The topological polar surface area (TPSA) is 33.2 Å². The standard InChI is InChI=1S/C10H14N2O/c1-3-9-10(5-4-6-11-9)12(2)7-8-13/h4-6,8H,3,7H2,1-2H3. The van der Waals surface area contributed by atoms with Crippen LogP contribution in [0.15, 0.2) is 18.3 Å². The lowest BCUT2D eigenvalue weighted by molar-refractivity contribution is -0.106. The molecule has 0 saturated carbocycles. The van der Waals surface area contributed by atoms with Crippen molar-refractivity contribution in [1.82, 2.24) is 4.98 Å². The smallest absolute Gasteiger partial charge is 0.139 e. The normalized spacial score (nSPS) is 9.69. The molecule has 3 heteroatoms. The lowest BCUT2D eigenvalue weighted by Crippen LogP contribution is -2.21. The second-order valence-electron chi connectivity index (χ2n) is 2.87. The molecule has 0 amide bonds. The third kappa shape index (κ3) is 2.28. The fourth-order valence-electron chi connectivity index (χ4n) is 1.26. The highest BCUT2D eigenvalue weighted by Crippen LogP contribution is 2.16. The number of pyridine rings is 1. The van der Waals surface area contributed by atoms with Gasteiger partial charge in [0.15, 0.2) is 0 Å². The van der Waals surface area contributed by atoms with Gasteiger partial charge in [-0.1, -0.05) is 6.92 Å². The molecule has 0 aliphatic rings. The Morgan fingerprint density at radius 2 is 2.38 bits per heavy atom. The van der Waals surface area contributed by atoms with E-state index in [-0.39, 0.29) is 0 Å². The molecule has 3 nitrogen and oxygen atoms in total. The Morgan fingerprint density at radius 1 is 1.62 bits per heavy atom. The number of aromatic nitrogens is 1. The molecular formula is C10H14N2O. The maximum Gasteiger partial charge on any atom is 0.139 e. The molecule has 70 valence electrons. The summed E-state index contributed by atoms with van der Waals surface area (Å²) in [6.45, 7) is 2.47. The number of nitrogens with zero attached hydrogens (tertiary/aromatic N) is 2. The van der Waals surface area contributed by atoms with Crippen LogP contribution in [0, 0.1) is 0 Å². The summed E-state index contributed by atoms with van der Waals surface area (Å²) in [6.07, 6.45) is 3.56. The van der Waals surface area contributed by atoms with Crippen molar-refractivity contribution in [3.63, 3.8) is 0 Å². The van der Waals surface area contributed by atoms with Crippen molar-refractivity contribution in [1.29, 1.82) is 0 Å². The summed E-state index contributed by atoms with van der Waals surface area (Å²) in [5.41, 5.74) is 2.07. The van der Waals surface area contributed by atoms with Crippen LogP contribution in [-0.4, -0.2) is 24.9 Å². The van der Waals surface area contributed by atoms with Gasteiger partial charge in [-0.25, -0.2) is 0 Å². The van der Waals surface area contributed by atoms with E-state index in [1.165, 1.54) is 0 Å². The Morgan fingerprint density at radius 3 is 3.00 bits per heavy atom. The fraction of sp³-hybridized carbons (Fsp3) is 0.400. The molecule has 0 spiro atoms. The molecule has 0 N–H and O–H groups in total. The van der Waals surface area contributed by atoms with Crippen molar-refractivity contribution in [3.05, 3.63) is 24.0 Å². The first kappa shape index (κ1) is 9.71. The summed E-state index contributed by atoms with van der Waals surface area (Å²) >= 11 is 0. The van der Waals surface area contributed by atoms with E-state index >= 15 is 0 Å². The van der Waals surface area contributed by atoms with Crippen LogP contribution in [0.2, 0.25) is 0 Å². The van der Waals surface area contributed by atoms with Crippen LogP contribution >= 0.6 is 0 Å². The monoisotopic (exact) mass is 178 g/mol. The van der Waals surface area contributed by atoms with Gasteiger partial charge in [0.2, 0.25) is 0 Å². The van der Waals surface area contributed by atoms with Crippen molar-refractivity contribution in [2.24, 2.45) is 0 Å². The Balaban J connectivity index is 2.91. The van der Waals surface area contributed by atoms with E-state index in [1.807, 2.05) is 24.1 Å².